The Labute approximate surface area is 147 Å². The Morgan fingerprint density at radius 1 is 1.08 bits per heavy atom. The van der Waals surface area contributed by atoms with Crippen LogP contribution in [0.4, 0.5) is 0 Å². The maximum Gasteiger partial charge on any atom is 0.240 e. The fraction of sp³-hybridized carbons (Fsp3) is 0. The molecule has 24 heavy (non-hydrogen) atoms. The van der Waals surface area contributed by atoms with Crippen molar-refractivity contribution in [3.63, 3.8) is 0 Å². The van der Waals surface area contributed by atoms with Crippen molar-refractivity contribution in [3.8, 4) is 23.0 Å². The van der Waals surface area contributed by atoms with E-state index in [0.717, 1.165) is 5.56 Å². The van der Waals surface area contributed by atoms with Gasteiger partial charge in [-0.25, -0.2) is 18.2 Å². The number of nitrogens with zero attached hydrogens (tertiary/aromatic N) is 3. The number of nitrogens with two attached hydrogens (primary N) is 1. The first-order chi connectivity index (χ1) is 11.4. The van der Waals surface area contributed by atoms with Gasteiger partial charge in [-0.1, -0.05) is 42.5 Å². The SMILES string of the molecule is N#Cc1nn(-c2ccccc2S(N)(=O)=O)c(-c2ccccc2)c1Br. The van der Waals surface area contributed by atoms with Gasteiger partial charge in [0, 0.05) is 5.56 Å². The molecule has 0 atom stereocenters. The number of halogens is 1. The molecular weight excluding hydrogens is 392 g/mol. The lowest BCUT2D eigenvalue weighted by Gasteiger charge is -2.11. The van der Waals surface area contributed by atoms with E-state index in [4.69, 9.17) is 5.14 Å². The maximum absolute atomic E-state index is 11.9. The van der Waals surface area contributed by atoms with Crippen LogP contribution in [0.15, 0.2) is 64.0 Å². The highest BCUT2D eigenvalue weighted by Crippen LogP contribution is 2.34. The van der Waals surface area contributed by atoms with Gasteiger partial charge in [-0.15, -0.1) is 0 Å². The molecule has 3 aromatic rings. The largest absolute Gasteiger partial charge is 0.240 e. The van der Waals surface area contributed by atoms with Gasteiger partial charge in [0.25, 0.3) is 0 Å². The van der Waals surface area contributed by atoms with Crippen molar-refractivity contribution < 1.29 is 8.42 Å². The Kier molecular flexibility index (Phi) is 4.24. The predicted molar refractivity (Wildman–Crippen MR) is 92.8 cm³/mol. The fourth-order valence-electron chi connectivity index (χ4n) is 2.36. The Hall–Kier alpha value is -2.47. The first-order valence-electron chi connectivity index (χ1n) is 6.79. The minimum Gasteiger partial charge on any atom is -0.229 e. The topological polar surface area (TPSA) is 102 Å². The molecule has 2 N–H and O–H groups in total. The lowest BCUT2D eigenvalue weighted by molar-refractivity contribution is 0.596. The molecule has 0 aliphatic carbocycles. The Bertz CT molecular complexity index is 1050. The van der Waals surface area contributed by atoms with Gasteiger partial charge < -0.3 is 0 Å². The van der Waals surface area contributed by atoms with Crippen LogP contribution in [0.1, 0.15) is 5.69 Å². The summed E-state index contributed by atoms with van der Waals surface area (Å²) >= 11 is 3.38. The van der Waals surface area contributed by atoms with Crippen molar-refractivity contribution in [1.82, 2.24) is 9.78 Å². The van der Waals surface area contributed by atoms with Crippen molar-refractivity contribution in [3.05, 3.63) is 64.8 Å². The zero-order valence-corrected chi connectivity index (χ0v) is 14.6. The molecule has 0 saturated carbocycles. The molecule has 0 aliphatic rings. The standard InChI is InChI=1S/C16H11BrN4O2S/c17-15-12(10-18)20-21(16(15)11-6-2-1-3-7-11)13-8-4-5-9-14(13)24(19,22)23/h1-9H,(H2,19,22,23). The van der Waals surface area contributed by atoms with Crippen molar-refractivity contribution in [2.75, 3.05) is 0 Å². The van der Waals surface area contributed by atoms with Crippen molar-refractivity contribution >= 4 is 26.0 Å². The third kappa shape index (κ3) is 2.85. The molecule has 8 heteroatoms. The molecule has 2 aromatic carbocycles. The number of hydrogen-bond donors (Lipinski definition) is 1. The van der Waals surface area contributed by atoms with E-state index >= 15 is 0 Å². The van der Waals surface area contributed by atoms with Gasteiger partial charge in [0.05, 0.1) is 15.9 Å². The third-order valence-electron chi connectivity index (χ3n) is 3.38. The van der Waals surface area contributed by atoms with Crippen LogP contribution in [-0.4, -0.2) is 18.2 Å². The second-order valence-electron chi connectivity index (χ2n) is 4.91. The van der Waals surface area contributed by atoms with Crippen molar-refractivity contribution in [2.24, 2.45) is 5.14 Å². The third-order valence-corrected chi connectivity index (χ3v) is 5.09. The molecule has 0 saturated heterocycles. The number of rotatable bonds is 3. The first-order valence-corrected chi connectivity index (χ1v) is 9.13. The number of hydrogen-bond acceptors (Lipinski definition) is 4. The summed E-state index contributed by atoms with van der Waals surface area (Å²) in [6.45, 7) is 0. The van der Waals surface area contributed by atoms with Gasteiger partial charge in [0.1, 0.15) is 11.0 Å². The van der Waals surface area contributed by atoms with Gasteiger partial charge in [-0.05, 0) is 28.1 Å². The molecule has 0 spiro atoms. The van der Waals surface area contributed by atoms with Crippen LogP contribution in [0.25, 0.3) is 16.9 Å². The molecule has 0 radical (unpaired) electrons. The molecule has 0 unspecified atom stereocenters. The van der Waals surface area contributed by atoms with E-state index in [1.807, 2.05) is 36.4 Å². The highest BCUT2D eigenvalue weighted by molar-refractivity contribution is 9.10. The van der Waals surface area contributed by atoms with Crippen LogP contribution in [0, 0.1) is 11.3 Å². The first kappa shape index (κ1) is 16.4. The Morgan fingerprint density at radius 2 is 1.71 bits per heavy atom. The van der Waals surface area contributed by atoms with Gasteiger partial charge >= 0.3 is 0 Å². The smallest absolute Gasteiger partial charge is 0.229 e. The molecule has 120 valence electrons. The minimum atomic E-state index is -3.95. The monoisotopic (exact) mass is 402 g/mol. The average molecular weight is 403 g/mol. The zero-order chi connectivity index (χ0) is 17.3. The summed E-state index contributed by atoms with van der Waals surface area (Å²) < 4.78 is 25.7. The number of aromatic nitrogens is 2. The molecule has 0 bridgehead atoms. The zero-order valence-electron chi connectivity index (χ0n) is 12.2. The number of benzene rings is 2. The van der Waals surface area contributed by atoms with Crippen LogP contribution in [-0.2, 0) is 10.0 Å². The summed E-state index contributed by atoms with van der Waals surface area (Å²) in [7, 11) is -3.95. The number of para-hydroxylation sites is 1. The van der Waals surface area contributed by atoms with Gasteiger partial charge in [0.2, 0.25) is 10.0 Å². The van der Waals surface area contributed by atoms with Gasteiger partial charge in [0.15, 0.2) is 5.69 Å². The molecule has 0 amide bonds. The number of primary sulfonamides is 1. The van der Waals surface area contributed by atoms with Crippen molar-refractivity contribution in [1.29, 1.82) is 5.26 Å². The quantitative estimate of drug-likeness (QED) is 0.727. The maximum atomic E-state index is 11.9. The van der Waals surface area contributed by atoms with Gasteiger partial charge in [-0.3, -0.25) is 0 Å². The summed E-state index contributed by atoms with van der Waals surface area (Å²) in [4.78, 5) is -0.0679. The van der Waals surface area contributed by atoms with E-state index in [9.17, 15) is 13.7 Å². The molecule has 0 aliphatic heterocycles. The lowest BCUT2D eigenvalue weighted by Crippen LogP contribution is -2.16. The van der Waals surface area contributed by atoms with E-state index in [1.165, 1.54) is 10.7 Å². The molecule has 1 aromatic heterocycles. The fourth-order valence-corrected chi connectivity index (χ4v) is 3.64. The van der Waals surface area contributed by atoms with E-state index in [-0.39, 0.29) is 16.3 Å². The summed E-state index contributed by atoms with van der Waals surface area (Å²) in [5.74, 6) is 0. The Balaban J connectivity index is 2.38. The van der Waals surface area contributed by atoms with Crippen molar-refractivity contribution in [2.45, 2.75) is 4.90 Å². The molecule has 6 nitrogen and oxygen atoms in total. The Morgan fingerprint density at radius 3 is 2.33 bits per heavy atom. The predicted octanol–water partition coefficient (Wildman–Crippen LogP) is 2.82. The van der Waals surface area contributed by atoms with Crippen LogP contribution >= 0.6 is 15.9 Å². The summed E-state index contributed by atoms with van der Waals surface area (Å²) in [5.41, 5.74) is 1.78. The van der Waals surface area contributed by atoms with E-state index in [0.29, 0.717) is 10.2 Å². The van der Waals surface area contributed by atoms with E-state index < -0.39 is 10.0 Å². The normalized spacial score (nSPS) is 11.2. The van der Waals surface area contributed by atoms with Gasteiger partial charge in [-0.2, -0.15) is 10.4 Å². The summed E-state index contributed by atoms with van der Waals surface area (Å²) in [6.07, 6.45) is 0. The van der Waals surface area contributed by atoms with Crippen LogP contribution < -0.4 is 5.14 Å². The minimum absolute atomic E-state index is 0.0679. The summed E-state index contributed by atoms with van der Waals surface area (Å²) in [6, 6.07) is 17.5. The van der Waals surface area contributed by atoms with E-state index in [2.05, 4.69) is 21.0 Å². The van der Waals surface area contributed by atoms with E-state index in [1.54, 1.807) is 18.2 Å². The van der Waals surface area contributed by atoms with Crippen LogP contribution in [0.3, 0.4) is 0 Å². The second-order valence-corrected chi connectivity index (χ2v) is 7.24. The average Bonchev–Trinajstić information content (AvgIpc) is 2.91. The van der Waals surface area contributed by atoms with Crippen LogP contribution in [0.2, 0.25) is 0 Å². The van der Waals surface area contributed by atoms with Crippen LogP contribution in [0.5, 0.6) is 0 Å². The highest BCUT2D eigenvalue weighted by atomic mass is 79.9. The summed E-state index contributed by atoms with van der Waals surface area (Å²) in [5, 5.41) is 18.8. The highest BCUT2D eigenvalue weighted by Gasteiger charge is 2.22. The second kappa shape index (κ2) is 6.20. The number of sulfonamides is 1. The molecule has 3 rings (SSSR count). The molecule has 0 fully saturated rings. The molecular formula is C16H11BrN4O2S. The molecule has 1 heterocycles. The number of nitriles is 1. The lowest BCUT2D eigenvalue weighted by atomic mass is 10.1.